The molecule has 1 heterocycles. The Morgan fingerprint density at radius 2 is 2.12 bits per heavy atom. The number of halogens is 1. The lowest BCUT2D eigenvalue weighted by atomic mass is 10.1. The van der Waals surface area contributed by atoms with Gasteiger partial charge in [0.2, 0.25) is 0 Å². The number of hydrogen-bond donors (Lipinski definition) is 1. The van der Waals surface area contributed by atoms with Crippen LogP contribution in [0.3, 0.4) is 0 Å². The summed E-state index contributed by atoms with van der Waals surface area (Å²) < 4.78 is 6.90. The summed E-state index contributed by atoms with van der Waals surface area (Å²) in [5.74, 6) is 1.87. The quantitative estimate of drug-likeness (QED) is 0.843. The van der Waals surface area contributed by atoms with E-state index in [4.69, 9.17) is 4.74 Å². The van der Waals surface area contributed by atoms with Gasteiger partial charge in [0.25, 0.3) is 5.91 Å². The molecular weight excluding hydrogens is 368 g/mol. The van der Waals surface area contributed by atoms with Crippen LogP contribution in [0, 0.1) is 5.92 Å². The van der Waals surface area contributed by atoms with Crippen LogP contribution in [0.5, 0.6) is 11.5 Å². The first-order chi connectivity index (χ1) is 11.7. The van der Waals surface area contributed by atoms with E-state index in [1.165, 1.54) is 0 Å². The van der Waals surface area contributed by atoms with Crippen molar-refractivity contribution in [3.63, 3.8) is 0 Å². The van der Waals surface area contributed by atoms with Gasteiger partial charge in [-0.15, -0.1) is 0 Å². The molecule has 1 saturated heterocycles. The summed E-state index contributed by atoms with van der Waals surface area (Å²) in [7, 11) is 1.95. The fourth-order valence-corrected chi connectivity index (χ4v) is 3.41. The van der Waals surface area contributed by atoms with Crippen molar-refractivity contribution in [1.29, 1.82) is 0 Å². The second-order valence-corrected chi connectivity index (χ2v) is 6.93. The smallest absolute Gasteiger partial charge is 0.257 e. The van der Waals surface area contributed by atoms with Gasteiger partial charge < -0.3 is 15.0 Å². The molecule has 1 N–H and O–H groups in total. The van der Waals surface area contributed by atoms with Gasteiger partial charge in [-0.3, -0.25) is 4.79 Å². The Balaban J connectivity index is 1.78. The van der Waals surface area contributed by atoms with Gasteiger partial charge in [-0.25, -0.2) is 0 Å². The Morgan fingerprint density at radius 3 is 2.92 bits per heavy atom. The van der Waals surface area contributed by atoms with Crippen LogP contribution in [0.1, 0.15) is 16.8 Å². The van der Waals surface area contributed by atoms with Crippen LogP contribution in [0.2, 0.25) is 0 Å². The molecule has 0 spiro atoms. The van der Waals surface area contributed by atoms with E-state index in [-0.39, 0.29) is 5.91 Å². The molecule has 5 heteroatoms. The van der Waals surface area contributed by atoms with E-state index < -0.39 is 0 Å². The molecule has 2 aromatic rings. The van der Waals surface area contributed by atoms with Gasteiger partial charge in [0, 0.05) is 17.6 Å². The summed E-state index contributed by atoms with van der Waals surface area (Å²) in [6.45, 7) is 2.54. The number of para-hydroxylation sites is 1. The summed E-state index contributed by atoms with van der Waals surface area (Å²) in [5, 5.41) is 3.19. The highest BCUT2D eigenvalue weighted by Gasteiger charge is 2.28. The van der Waals surface area contributed by atoms with Crippen LogP contribution in [-0.4, -0.2) is 37.5 Å². The molecule has 3 rings (SSSR count). The number of nitrogens with one attached hydrogen (secondary N) is 1. The maximum Gasteiger partial charge on any atom is 0.257 e. The lowest BCUT2D eigenvalue weighted by Crippen LogP contribution is -2.30. The Hall–Kier alpha value is -1.85. The molecule has 1 amide bonds. The van der Waals surface area contributed by atoms with E-state index in [9.17, 15) is 4.79 Å². The first kappa shape index (κ1) is 17.0. The highest BCUT2D eigenvalue weighted by molar-refractivity contribution is 9.10. The molecule has 0 saturated carbocycles. The zero-order chi connectivity index (χ0) is 16.9. The molecule has 1 atom stereocenters. The van der Waals surface area contributed by atoms with Gasteiger partial charge in [0.15, 0.2) is 0 Å². The SMILES string of the molecule is CNC[C@H]1CCN(C(=O)c2ccccc2Oc2cccc(Br)c2)C1. The minimum absolute atomic E-state index is 0.0409. The number of likely N-dealkylation sites (tertiary alicyclic amines) is 1. The molecule has 0 aliphatic carbocycles. The third kappa shape index (κ3) is 3.97. The molecule has 0 bridgehead atoms. The molecule has 4 nitrogen and oxygen atoms in total. The summed E-state index contributed by atoms with van der Waals surface area (Å²) in [4.78, 5) is 14.8. The van der Waals surface area contributed by atoms with Gasteiger partial charge in [0.05, 0.1) is 5.56 Å². The topological polar surface area (TPSA) is 41.6 Å². The van der Waals surface area contributed by atoms with Crippen molar-refractivity contribution in [2.75, 3.05) is 26.7 Å². The Morgan fingerprint density at radius 1 is 1.29 bits per heavy atom. The largest absolute Gasteiger partial charge is 0.456 e. The zero-order valence-electron chi connectivity index (χ0n) is 13.7. The number of hydrogen-bond acceptors (Lipinski definition) is 3. The summed E-state index contributed by atoms with van der Waals surface area (Å²) in [6.07, 6.45) is 1.04. The lowest BCUT2D eigenvalue weighted by molar-refractivity contribution is 0.0784. The second kappa shape index (κ2) is 7.81. The number of carbonyl (C=O) groups is 1. The standard InChI is InChI=1S/C19H21BrN2O2/c1-21-12-14-9-10-22(13-14)19(23)17-7-2-3-8-18(17)24-16-6-4-5-15(20)11-16/h2-8,11,14,21H,9-10,12-13H2,1H3/t14-/m1/s1. The minimum Gasteiger partial charge on any atom is -0.456 e. The van der Waals surface area contributed by atoms with E-state index in [0.717, 1.165) is 30.5 Å². The fraction of sp³-hybridized carbons (Fsp3) is 0.316. The summed E-state index contributed by atoms with van der Waals surface area (Å²) >= 11 is 3.44. The predicted octanol–water partition coefficient (Wildman–Crippen LogP) is 3.92. The number of nitrogens with zero attached hydrogens (tertiary/aromatic N) is 1. The van der Waals surface area contributed by atoms with E-state index in [0.29, 0.717) is 23.0 Å². The van der Waals surface area contributed by atoms with E-state index >= 15 is 0 Å². The molecule has 2 aromatic carbocycles. The van der Waals surface area contributed by atoms with Crippen molar-refractivity contribution in [1.82, 2.24) is 10.2 Å². The second-order valence-electron chi connectivity index (χ2n) is 6.02. The average Bonchev–Trinajstić information content (AvgIpc) is 3.04. The lowest BCUT2D eigenvalue weighted by Gasteiger charge is -2.19. The van der Waals surface area contributed by atoms with Crippen molar-refractivity contribution >= 4 is 21.8 Å². The zero-order valence-corrected chi connectivity index (χ0v) is 15.3. The monoisotopic (exact) mass is 388 g/mol. The first-order valence-electron chi connectivity index (χ1n) is 8.13. The Bertz CT molecular complexity index is 720. The van der Waals surface area contributed by atoms with Crippen molar-refractivity contribution in [2.45, 2.75) is 6.42 Å². The number of amides is 1. The van der Waals surface area contributed by atoms with E-state index in [2.05, 4.69) is 21.2 Å². The Kier molecular flexibility index (Phi) is 5.53. The van der Waals surface area contributed by atoms with Crippen molar-refractivity contribution in [3.05, 3.63) is 58.6 Å². The van der Waals surface area contributed by atoms with E-state index in [1.54, 1.807) is 0 Å². The Labute approximate surface area is 150 Å². The van der Waals surface area contributed by atoms with E-state index in [1.807, 2.05) is 60.5 Å². The molecule has 126 valence electrons. The fourth-order valence-electron chi connectivity index (χ4n) is 3.03. The summed E-state index contributed by atoms with van der Waals surface area (Å²) in [6, 6.07) is 15.1. The van der Waals surface area contributed by atoms with Crippen LogP contribution < -0.4 is 10.1 Å². The number of ether oxygens (including phenoxy) is 1. The van der Waals surface area contributed by atoms with Crippen molar-refractivity contribution < 1.29 is 9.53 Å². The molecule has 0 unspecified atom stereocenters. The summed E-state index contributed by atoms with van der Waals surface area (Å²) in [5.41, 5.74) is 0.614. The molecule has 1 aliphatic rings. The van der Waals surface area contributed by atoms with Gasteiger partial charge in [-0.2, -0.15) is 0 Å². The molecule has 0 aromatic heterocycles. The van der Waals surface area contributed by atoms with Gasteiger partial charge in [-0.1, -0.05) is 34.1 Å². The minimum atomic E-state index is 0.0409. The number of rotatable bonds is 5. The molecule has 0 radical (unpaired) electrons. The normalized spacial score (nSPS) is 17.1. The van der Waals surface area contributed by atoms with Crippen molar-refractivity contribution in [3.8, 4) is 11.5 Å². The average molecular weight is 389 g/mol. The highest BCUT2D eigenvalue weighted by atomic mass is 79.9. The van der Waals surface area contributed by atoms with Crippen molar-refractivity contribution in [2.24, 2.45) is 5.92 Å². The predicted molar refractivity (Wildman–Crippen MR) is 98.6 cm³/mol. The van der Waals surface area contributed by atoms with Crippen LogP contribution in [0.25, 0.3) is 0 Å². The van der Waals surface area contributed by atoms with Gasteiger partial charge >= 0.3 is 0 Å². The van der Waals surface area contributed by atoms with Crippen LogP contribution in [0.15, 0.2) is 53.0 Å². The highest BCUT2D eigenvalue weighted by Crippen LogP contribution is 2.29. The molecule has 24 heavy (non-hydrogen) atoms. The van der Waals surface area contributed by atoms with Crippen LogP contribution in [0.4, 0.5) is 0 Å². The van der Waals surface area contributed by atoms with Gasteiger partial charge in [0.1, 0.15) is 11.5 Å². The number of carbonyl (C=O) groups excluding carboxylic acids is 1. The molecule has 1 fully saturated rings. The third-order valence-electron chi connectivity index (χ3n) is 4.21. The molecular formula is C19H21BrN2O2. The van der Waals surface area contributed by atoms with Crippen LogP contribution >= 0.6 is 15.9 Å². The van der Waals surface area contributed by atoms with Gasteiger partial charge in [-0.05, 0) is 56.3 Å². The first-order valence-corrected chi connectivity index (χ1v) is 8.93. The maximum absolute atomic E-state index is 12.9. The van der Waals surface area contributed by atoms with Crippen LogP contribution in [-0.2, 0) is 0 Å². The third-order valence-corrected chi connectivity index (χ3v) is 4.70. The number of benzene rings is 2. The molecule has 1 aliphatic heterocycles. The maximum atomic E-state index is 12.9.